The minimum Gasteiger partial charge on any atom is -0.469 e. The second-order valence-electron chi connectivity index (χ2n) is 3.53. The molecular weight excluding hydrogens is 258 g/mol. The van der Waals surface area contributed by atoms with E-state index in [1.165, 1.54) is 19.2 Å². The van der Waals surface area contributed by atoms with E-state index in [2.05, 4.69) is 9.47 Å². The molecule has 1 rings (SSSR count). The van der Waals surface area contributed by atoms with Gasteiger partial charge in [0.2, 0.25) is 0 Å². The van der Waals surface area contributed by atoms with Crippen molar-refractivity contribution in [2.24, 2.45) is 5.73 Å². The monoisotopic (exact) mass is 270 g/mol. The van der Waals surface area contributed by atoms with E-state index in [-0.39, 0.29) is 29.8 Å². The van der Waals surface area contributed by atoms with Gasteiger partial charge in [0.25, 0.3) is 0 Å². The van der Waals surface area contributed by atoms with Gasteiger partial charge in [-0.3, -0.25) is 4.79 Å². The third kappa shape index (κ3) is 3.63. The molecule has 0 saturated carbocycles. The molecule has 0 amide bonds. The molecule has 102 valence electrons. The topological polar surface area (TPSA) is 85.3 Å². The van der Waals surface area contributed by atoms with E-state index in [9.17, 15) is 13.6 Å². The molecule has 0 aliphatic rings. The maximum absolute atomic E-state index is 12.4. The van der Waals surface area contributed by atoms with Crippen LogP contribution in [0.5, 0.6) is 5.75 Å². The highest BCUT2D eigenvalue weighted by Crippen LogP contribution is 2.29. The van der Waals surface area contributed by atoms with Crippen LogP contribution in [0.3, 0.4) is 0 Å². The number of nitriles is 1. The van der Waals surface area contributed by atoms with Crippen molar-refractivity contribution in [3.63, 3.8) is 0 Å². The zero-order valence-corrected chi connectivity index (χ0v) is 10.2. The number of esters is 1. The van der Waals surface area contributed by atoms with E-state index in [0.29, 0.717) is 5.56 Å². The molecule has 0 fully saturated rings. The Morgan fingerprint density at radius 2 is 2.21 bits per heavy atom. The first-order valence-electron chi connectivity index (χ1n) is 5.30. The highest BCUT2D eigenvalue weighted by molar-refractivity contribution is 5.75. The Bertz CT molecular complexity index is 512. The smallest absolute Gasteiger partial charge is 0.387 e. The SMILES string of the molecule is COC(=O)Cc1c(CN)ccc(C#N)c1OC(F)F. The van der Waals surface area contributed by atoms with E-state index in [4.69, 9.17) is 11.0 Å². The largest absolute Gasteiger partial charge is 0.469 e. The molecule has 0 aromatic heterocycles. The molecule has 0 aliphatic carbocycles. The van der Waals surface area contributed by atoms with Crippen LogP contribution in [-0.2, 0) is 22.5 Å². The van der Waals surface area contributed by atoms with Gasteiger partial charge in [-0.05, 0) is 11.6 Å². The average Bonchev–Trinajstić information content (AvgIpc) is 2.39. The molecule has 0 heterocycles. The predicted octanol–water partition coefficient (Wildman–Crippen LogP) is 1.33. The number of nitrogens with two attached hydrogens (primary N) is 1. The lowest BCUT2D eigenvalue weighted by molar-refractivity contribution is -0.139. The van der Waals surface area contributed by atoms with Crippen molar-refractivity contribution in [1.29, 1.82) is 5.26 Å². The molecule has 1 aromatic carbocycles. The van der Waals surface area contributed by atoms with Crippen LogP contribution in [0.15, 0.2) is 12.1 Å². The van der Waals surface area contributed by atoms with Crippen LogP contribution in [0, 0.1) is 11.3 Å². The Kier molecular flexibility index (Phi) is 5.21. The molecule has 2 N–H and O–H groups in total. The van der Waals surface area contributed by atoms with Crippen LogP contribution in [0.4, 0.5) is 8.78 Å². The van der Waals surface area contributed by atoms with Crippen LogP contribution in [-0.4, -0.2) is 19.7 Å². The molecule has 19 heavy (non-hydrogen) atoms. The molecule has 7 heteroatoms. The van der Waals surface area contributed by atoms with Crippen molar-refractivity contribution in [1.82, 2.24) is 0 Å². The van der Waals surface area contributed by atoms with Gasteiger partial charge in [0, 0.05) is 12.1 Å². The number of carbonyl (C=O) groups excluding carboxylic acids is 1. The van der Waals surface area contributed by atoms with Crippen LogP contribution >= 0.6 is 0 Å². The Hall–Kier alpha value is -2.20. The molecule has 0 bridgehead atoms. The minimum absolute atomic E-state index is 0.0254. The highest BCUT2D eigenvalue weighted by Gasteiger charge is 2.20. The van der Waals surface area contributed by atoms with Gasteiger partial charge in [-0.1, -0.05) is 6.07 Å². The van der Waals surface area contributed by atoms with Gasteiger partial charge in [0.1, 0.15) is 11.8 Å². The number of carbonyl (C=O) groups is 1. The number of ether oxygens (including phenoxy) is 2. The number of halogens is 2. The second-order valence-corrected chi connectivity index (χ2v) is 3.53. The van der Waals surface area contributed by atoms with Crippen LogP contribution in [0.25, 0.3) is 0 Å². The van der Waals surface area contributed by atoms with E-state index in [1.807, 2.05) is 0 Å². The van der Waals surface area contributed by atoms with Gasteiger partial charge < -0.3 is 15.2 Å². The highest BCUT2D eigenvalue weighted by atomic mass is 19.3. The van der Waals surface area contributed by atoms with Gasteiger partial charge in [-0.15, -0.1) is 0 Å². The first-order valence-corrected chi connectivity index (χ1v) is 5.30. The van der Waals surface area contributed by atoms with Crippen LogP contribution in [0.1, 0.15) is 16.7 Å². The summed E-state index contributed by atoms with van der Waals surface area (Å²) in [5.41, 5.74) is 5.99. The lowest BCUT2D eigenvalue weighted by atomic mass is 10.00. The zero-order chi connectivity index (χ0) is 14.4. The van der Waals surface area contributed by atoms with E-state index in [1.54, 1.807) is 6.07 Å². The summed E-state index contributed by atoms with van der Waals surface area (Å²) < 4.78 is 33.6. The van der Waals surface area contributed by atoms with Gasteiger partial charge in [-0.25, -0.2) is 0 Å². The van der Waals surface area contributed by atoms with Crippen molar-refractivity contribution in [2.45, 2.75) is 19.6 Å². The standard InChI is InChI=1S/C12H12F2N2O3/c1-18-10(17)4-9-7(5-15)2-3-8(6-16)11(9)19-12(13)14/h2-3,12H,4-5,15H2,1H3. The molecule has 5 nitrogen and oxygen atoms in total. The third-order valence-corrected chi connectivity index (χ3v) is 2.45. The number of benzene rings is 1. The number of hydrogen-bond acceptors (Lipinski definition) is 5. The van der Waals surface area contributed by atoms with E-state index < -0.39 is 12.6 Å². The van der Waals surface area contributed by atoms with Gasteiger partial charge >= 0.3 is 12.6 Å². The van der Waals surface area contributed by atoms with Crippen molar-refractivity contribution >= 4 is 5.97 Å². The van der Waals surface area contributed by atoms with E-state index in [0.717, 1.165) is 0 Å². The lowest BCUT2D eigenvalue weighted by Gasteiger charge is -2.15. The fraction of sp³-hybridized carbons (Fsp3) is 0.333. The number of rotatable bonds is 5. The Morgan fingerprint density at radius 3 is 2.68 bits per heavy atom. The van der Waals surface area contributed by atoms with Crippen molar-refractivity contribution < 1.29 is 23.0 Å². The Labute approximate surface area is 108 Å². The quantitative estimate of drug-likeness (QED) is 0.816. The predicted molar refractivity (Wildman–Crippen MR) is 61.4 cm³/mol. The molecule has 0 spiro atoms. The molecular formula is C12H12F2N2O3. The lowest BCUT2D eigenvalue weighted by Crippen LogP contribution is -2.14. The molecule has 0 aliphatic heterocycles. The van der Waals surface area contributed by atoms with Crippen molar-refractivity contribution in [3.8, 4) is 11.8 Å². The first-order chi connectivity index (χ1) is 9.03. The average molecular weight is 270 g/mol. The number of hydrogen-bond donors (Lipinski definition) is 1. The summed E-state index contributed by atoms with van der Waals surface area (Å²) >= 11 is 0. The molecule has 0 radical (unpaired) electrons. The molecule has 1 aromatic rings. The summed E-state index contributed by atoms with van der Waals surface area (Å²) in [6, 6.07) is 4.55. The van der Waals surface area contributed by atoms with Crippen LogP contribution in [0.2, 0.25) is 0 Å². The molecule has 0 saturated heterocycles. The second kappa shape index (κ2) is 6.66. The maximum Gasteiger partial charge on any atom is 0.387 e. The summed E-state index contributed by atoms with van der Waals surface area (Å²) in [6.45, 7) is -3.08. The van der Waals surface area contributed by atoms with Crippen molar-refractivity contribution in [2.75, 3.05) is 7.11 Å². The fourth-order valence-corrected chi connectivity index (χ4v) is 1.58. The van der Waals surface area contributed by atoms with Gasteiger partial charge in [-0.2, -0.15) is 14.0 Å². The van der Waals surface area contributed by atoms with Crippen molar-refractivity contribution in [3.05, 3.63) is 28.8 Å². The first kappa shape index (κ1) is 14.9. The van der Waals surface area contributed by atoms with Crippen LogP contribution < -0.4 is 10.5 Å². The summed E-state index contributed by atoms with van der Waals surface area (Å²) in [5.74, 6) is -0.963. The fourth-order valence-electron chi connectivity index (χ4n) is 1.58. The third-order valence-electron chi connectivity index (χ3n) is 2.45. The number of alkyl halides is 2. The normalized spacial score (nSPS) is 10.1. The Balaban J connectivity index is 3.34. The summed E-state index contributed by atoms with van der Waals surface area (Å²) in [4.78, 5) is 11.3. The number of nitrogens with zero attached hydrogens (tertiary/aromatic N) is 1. The minimum atomic E-state index is -3.10. The van der Waals surface area contributed by atoms with E-state index >= 15 is 0 Å². The summed E-state index contributed by atoms with van der Waals surface area (Å²) in [7, 11) is 1.17. The van der Waals surface area contributed by atoms with Gasteiger partial charge in [0.05, 0.1) is 19.1 Å². The van der Waals surface area contributed by atoms with Gasteiger partial charge in [0.15, 0.2) is 0 Å². The maximum atomic E-state index is 12.4. The Morgan fingerprint density at radius 1 is 1.53 bits per heavy atom. The number of methoxy groups -OCH3 is 1. The summed E-state index contributed by atoms with van der Waals surface area (Å²) in [6.07, 6.45) is -0.291. The summed E-state index contributed by atoms with van der Waals surface area (Å²) in [5, 5.41) is 8.89. The zero-order valence-electron chi connectivity index (χ0n) is 10.2. The molecule has 0 unspecified atom stereocenters. The molecule has 0 atom stereocenters.